The number of ketones is 1. The Hall–Kier alpha value is -2.63. The van der Waals surface area contributed by atoms with Gasteiger partial charge in [0.15, 0.2) is 5.78 Å². The lowest BCUT2D eigenvalue weighted by molar-refractivity contribution is 0.0536. The van der Waals surface area contributed by atoms with Crippen LogP contribution in [-0.2, 0) is 0 Å². The van der Waals surface area contributed by atoms with Crippen molar-refractivity contribution in [1.29, 1.82) is 0 Å². The van der Waals surface area contributed by atoms with Crippen LogP contribution in [0.25, 0.3) is 10.9 Å². The van der Waals surface area contributed by atoms with Gasteiger partial charge in [-0.05, 0) is 30.3 Å². The van der Waals surface area contributed by atoms with Crippen LogP contribution in [0.2, 0.25) is 0 Å². The number of aromatic amines is 1. The van der Waals surface area contributed by atoms with Gasteiger partial charge in [0.05, 0.1) is 6.61 Å². The number of rotatable bonds is 6. The molecule has 5 nitrogen and oxygen atoms in total. The second-order valence-electron chi connectivity index (χ2n) is 5.25. The zero-order valence-corrected chi connectivity index (χ0v) is 12.4. The van der Waals surface area contributed by atoms with Gasteiger partial charge >= 0.3 is 0 Å². The number of fused-ring (bicyclic) bond motifs is 1. The van der Waals surface area contributed by atoms with Crippen molar-refractivity contribution < 1.29 is 19.7 Å². The number of carbonyl (C=O) groups excluding carboxylic acids is 1. The summed E-state index contributed by atoms with van der Waals surface area (Å²) >= 11 is 0. The molecule has 1 atom stereocenters. The van der Waals surface area contributed by atoms with Gasteiger partial charge < -0.3 is 19.9 Å². The fourth-order valence-corrected chi connectivity index (χ4v) is 2.36. The second-order valence-corrected chi connectivity index (χ2v) is 5.25. The molecule has 1 heterocycles. The molecular formula is C18H17NO4. The quantitative estimate of drug-likeness (QED) is 0.609. The third-order valence-electron chi connectivity index (χ3n) is 3.60. The largest absolute Gasteiger partial charge is 0.491 e. The number of aromatic nitrogens is 1. The molecule has 3 N–H and O–H groups in total. The molecule has 1 aromatic heterocycles. The first kappa shape index (κ1) is 15.3. The summed E-state index contributed by atoms with van der Waals surface area (Å²) in [7, 11) is 0. The minimum Gasteiger partial charge on any atom is -0.491 e. The van der Waals surface area contributed by atoms with Crippen molar-refractivity contribution in [3.8, 4) is 5.75 Å². The smallest absolute Gasteiger partial charge is 0.195 e. The number of aliphatic hydroxyl groups excluding tert-OH is 2. The molecule has 5 heteroatoms. The Labute approximate surface area is 133 Å². The predicted molar refractivity (Wildman–Crippen MR) is 86.8 cm³/mol. The highest BCUT2D eigenvalue weighted by Gasteiger charge is 2.14. The fraction of sp³-hybridized carbons (Fsp3) is 0.167. The molecule has 0 aliphatic heterocycles. The summed E-state index contributed by atoms with van der Waals surface area (Å²) in [5, 5.41) is 18.9. The van der Waals surface area contributed by atoms with E-state index in [1.165, 1.54) is 0 Å². The van der Waals surface area contributed by atoms with E-state index in [1.54, 1.807) is 30.5 Å². The maximum Gasteiger partial charge on any atom is 0.195 e. The van der Waals surface area contributed by atoms with Crippen molar-refractivity contribution in [2.24, 2.45) is 0 Å². The Morgan fingerprint density at radius 2 is 1.87 bits per heavy atom. The minimum absolute atomic E-state index is 0.00619. The summed E-state index contributed by atoms with van der Waals surface area (Å²) in [4.78, 5) is 15.7. The van der Waals surface area contributed by atoms with E-state index in [2.05, 4.69) is 4.98 Å². The predicted octanol–water partition coefficient (Wildman–Crippen LogP) is 2.13. The molecule has 0 spiro atoms. The maximum absolute atomic E-state index is 12.6. The molecule has 0 saturated heterocycles. The Morgan fingerprint density at radius 3 is 2.61 bits per heavy atom. The molecule has 3 aromatic rings. The highest BCUT2D eigenvalue weighted by atomic mass is 16.5. The summed E-state index contributed by atoms with van der Waals surface area (Å²) in [6, 6.07) is 14.4. The Kier molecular flexibility index (Phi) is 4.41. The van der Waals surface area contributed by atoms with Crippen LogP contribution in [0.4, 0.5) is 0 Å². The number of ether oxygens (including phenoxy) is 1. The van der Waals surface area contributed by atoms with Gasteiger partial charge in [-0.2, -0.15) is 0 Å². The van der Waals surface area contributed by atoms with Crippen molar-refractivity contribution in [3.05, 3.63) is 65.9 Å². The first-order chi connectivity index (χ1) is 11.2. The summed E-state index contributed by atoms with van der Waals surface area (Å²) in [5.41, 5.74) is 2.11. The second kappa shape index (κ2) is 6.64. The van der Waals surface area contributed by atoms with E-state index in [0.717, 1.165) is 10.9 Å². The van der Waals surface area contributed by atoms with Gasteiger partial charge in [-0.25, -0.2) is 0 Å². The molecule has 0 amide bonds. The van der Waals surface area contributed by atoms with Gasteiger partial charge in [0.2, 0.25) is 0 Å². The molecule has 3 rings (SSSR count). The number of hydrogen-bond donors (Lipinski definition) is 3. The molecule has 0 fully saturated rings. The molecule has 0 aliphatic carbocycles. The van der Waals surface area contributed by atoms with E-state index >= 15 is 0 Å². The number of para-hydroxylation sites is 1. The molecule has 23 heavy (non-hydrogen) atoms. The lowest BCUT2D eigenvalue weighted by atomic mass is 10.0. The SMILES string of the molecule is O=C(c1ccc(OCC(O)CO)cc1)c1c[nH]c2ccccc12. The molecule has 0 bridgehead atoms. The van der Waals surface area contributed by atoms with Crippen LogP contribution in [0.5, 0.6) is 5.75 Å². The van der Waals surface area contributed by atoms with Crippen molar-refractivity contribution >= 4 is 16.7 Å². The van der Waals surface area contributed by atoms with Crippen LogP contribution in [0, 0.1) is 0 Å². The number of carbonyl (C=O) groups is 1. The van der Waals surface area contributed by atoms with E-state index in [4.69, 9.17) is 9.84 Å². The van der Waals surface area contributed by atoms with Gasteiger partial charge in [0.25, 0.3) is 0 Å². The average molecular weight is 311 g/mol. The normalized spacial score (nSPS) is 12.3. The Bertz CT molecular complexity index is 807. The van der Waals surface area contributed by atoms with Gasteiger partial charge in [0.1, 0.15) is 18.5 Å². The summed E-state index contributed by atoms with van der Waals surface area (Å²) in [5.74, 6) is 0.470. The standard InChI is InChI=1S/C18H17NO4/c20-10-13(21)11-23-14-7-5-12(6-8-14)18(22)16-9-19-17-4-2-1-3-15(16)17/h1-9,13,19-21H,10-11H2. The van der Waals surface area contributed by atoms with E-state index in [-0.39, 0.29) is 19.0 Å². The Balaban J connectivity index is 1.78. The van der Waals surface area contributed by atoms with Gasteiger partial charge in [0, 0.05) is 28.2 Å². The molecule has 0 aliphatic rings. The summed E-state index contributed by atoms with van der Waals surface area (Å²) in [6.45, 7) is -0.344. The van der Waals surface area contributed by atoms with Crippen molar-refractivity contribution in [2.45, 2.75) is 6.10 Å². The molecule has 2 aromatic carbocycles. The van der Waals surface area contributed by atoms with Crippen LogP contribution < -0.4 is 4.74 Å². The van der Waals surface area contributed by atoms with Crippen LogP contribution >= 0.6 is 0 Å². The minimum atomic E-state index is -0.914. The zero-order chi connectivity index (χ0) is 16.2. The highest BCUT2D eigenvalue weighted by molar-refractivity contribution is 6.16. The van der Waals surface area contributed by atoms with E-state index in [1.807, 2.05) is 24.3 Å². The van der Waals surface area contributed by atoms with Crippen molar-refractivity contribution in [3.63, 3.8) is 0 Å². The number of benzene rings is 2. The maximum atomic E-state index is 12.6. The average Bonchev–Trinajstić information content (AvgIpc) is 3.03. The van der Waals surface area contributed by atoms with Crippen molar-refractivity contribution in [2.75, 3.05) is 13.2 Å². The Morgan fingerprint density at radius 1 is 1.13 bits per heavy atom. The monoisotopic (exact) mass is 311 g/mol. The van der Waals surface area contributed by atoms with Crippen LogP contribution in [0.15, 0.2) is 54.7 Å². The van der Waals surface area contributed by atoms with Crippen molar-refractivity contribution in [1.82, 2.24) is 4.98 Å². The molecular weight excluding hydrogens is 294 g/mol. The highest BCUT2D eigenvalue weighted by Crippen LogP contribution is 2.22. The first-order valence-electron chi connectivity index (χ1n) is 7.31. The summed E-state index contributed by atoms with van der Waals surface area (Å²) in [6.07, 6.45) is 0.803. The van der Waals surface area contributed by atoms with Crippen LogP contribution in [0.3, 0.4) is 0 Å². The van der Waals surface area contributed by atoms with Gasteiger partial charge in [-0.1, -0.05) is 18.2 Å². The topological polar surface area (TPSA) is 82.6 Å². The molecule has 1 unspecified atom stereocenters. The van der Waals surface area contributed by atoms with Crippen LogP contribution in [0.1, 0.15) is 15.9 Å². The van der Waals surface area contributed by atoms with Gasteiger partial charge in [-0.15, -0.1) is 0 Å². The first-order valence-corrected chi connectivity index (χ1v) is 7.31. The van der Waals surface area contributed by atoms with Gasteiger partial charge in [-0.3, -0.25) is 4.79 Å². The number of hydrogen-bond acceptors (Lipinski definition) is 4. The van der Waals surface area contributed by atoms with E-state index in [9.17, 15) is 9.90 Å². The number of H-pyrrole nitrogens is 1. The lowest BCUT2D eigenvalue weighted by Crippen LogP contribution is -2.21. The third kappa shape index (κ3) is 3.26. The van der Waals surface area contributed by atoms with E-state index in [0.29, 0.717) is 16.9 Å². The fourth-order valence-electron chi connectivity index (χ4n) is 2.36. The molecule has 0 saturated carbocycles. The number of nitrogens with one attached hydrogen (secondary N) is 1. The zero-order valence-electron chi connectivity index (χ0n) is 12.4. The van der Waals surface area contributed by atoms with E-state index < -0.39 is 6.10 Å². The van der Waals surface area contributed by atoms with Crippen LogP contribution in [-0.4, -0.2) is 40.3 Å². The lowest BCUT2D eigenvalue weighted by Gasteiger charge is -2.10. The molecule has 118 valence electrons. The number of aliphatic hydroxyl groups is 2. The summed E-state index contributed by atoms with van der Waals surface area (Å²) < 4.78 is 5.33. The molecule has 0 radical (unpaired) electrons. The third-order valence-corrected chi connectivity index (χ3v) is 3.60.